The quantitative estimate of drug-likeness (QED) is 0.649. The van der Waals surface area contributed by atoms with E-state index in [0.29, 0.717) is 5.92 Å². The van der Waals surface area contributed by atoms with Crippen LogP contribution in [-0.2, 0) is 0 Å². The van der Waals surface area contributed by atoms with Crippen molar-refractivity contribution in [1.82, 2.24) is 9.88 Å². The molecule has 0 spiro atoms. The minimum absolute atomic E-state index is 0.672. The van der Waals surface area contributed by atoms with Gasteiger partial charge in [0.1, 0.15) is 0 Å². The predicted octanol–water partition coefficient (Wildman–Crippen LogP) is 5.36. The van der Waals surface area contributed by atoms with Crippen molar-refractivity contribution in [1.29, 1.82) is 0 Å². The van der Waals surface area contributed by atoms with E-state index < -0.39 is 0 Å². The number of hydrogen-bond acceptors (Lipinski definition) is 3. The molecular formula is C24H30N2O2. The van der Waals surface area contributed by atoms with Crippen LogP contribution in [0.25, 0.3) is 22.2 Å². The number of methoxy groups -OCH3 is 2. The van der Waals surface area contributed by atoms with Crippen molar-refractivity contribution in [3.05, 3.63) is 47.5 Å². The Bertz CT molecular complexity index is 968. The van der Waals surface area contributed by atoms with E-state index in [1.54, 1.807) is 14.2 Å². The smallest absolute Gasteiger partial charge is 0.161 e. The molecule has 4 nitrogen and oxygen atoms in total. The van der Waals surface area contributed by atoms with Gasteiger partial charge in [0, 0.05) is 22.2 Å². The lowest BCUT2D eigenvalue weighted by Crippen LogP contribution is -2.32. The van der Waals surface area contributed by atoms with Gasteiger partial charge in [-0.3, -0.25) is 0 Å². The van der Waals surface area contributed by atoms with E-state index in [2.05, 4.69) is 48.0 Å². The Morgan fingerprint density at radius 3 is 2.43 bits per heavy atom. The molecule has 2 aromatic carbocycles. The molecule has 4 heteroatoms. The number of ether oxygens (including phenoxy) is 2. The first-order valence-corrected chi connectivity index (χ1v) is 10.2. The van der Waals surface area contributed by atoms with Crippen LogP contribution in [0, 0.1) is 6.92 Å². The second kappa shape index (κ2) is 7.88. The number of benzene rings is 2. The fourth-order valence-corrected chi connectivity index (χ4v) is 4.46. The minimum atomic E-state index is 0.672. The summed E-state index contributed by atoms with van der Waals surface area (Å²) < 4.78 is 10.9. The normalized spacial score (nSPS) is 15.9. The fourth-order valence-electron chi connectivity index (χ4n) is 4.46. The highest BCUT2D eigenvalue weighted by atomic mass is 16.5. The van der Waals surface area contributed by atoms with Crippen molar-refractivity contribution in [3.8, 4) is 22.8 Å². The SMILES string of the molecule is CCN1CCC(c2ccc3[nH]c(-c4ccc(OC)c(OC)c4)c(C)c3c2)CC1. The zero-order valence-corrected chi connectivity index (χ0v) is 17.3. The van der Waals surface area contributed by atoms with Crippen LogP contribution < -0.4 is 9.47 Å². The van der Waals surface area contributed by atoms with Crippen molar-refractivity contribution in [2.24, 2.45) is 0 Å². The van der Waals surface area contributed by atoms with Gasteiger partial charge in [-0.25, -0.2) is 0 Å². The highest BCUT2D eigenvalue weighted by molar-refractivity contribution is 5.91. The summed E-state index contributed by atoms with van der Waals surface area (Å²) in [5, 5.41) is 1.32. The molecule has 3 aromatic rings. The molecule has 0 aliphatic carbocycles. The van der Waals surface area contributed by atoms with E-state index in [9.17, 15) is 0 Å². The maximum absolute atomic E-state index is 5.49. The lowest BCUT2D eigenvalue weighted by molar-refractivity contribution is 0.222. The first-order chi connectivity index (χ1) is 13.6. The summed E-state index contributed by atoms with van der Waals surface area (Å²) in [5.74, 6) is 2.17. The Labute approximate surface area is 167 Å². The fraction of sp³-hybridized carbons (Fsp3) is 0.417. The third kappa shape index (κ3) is 3.37. The molecular weight excluding hydrogens is 348 g/mol. The lowest BCUT2D eigenvalue weighted by Gasteiger charge is -2.31. The number of aromatic amines is 1. The van der Waals surface area contributed by atoms with Crippen LogP contribution in [0.3, 0.4) is 0 Å². The van der Waals surface area contributed by atoms with Gasteiger partial charge in [-0.05, 0) is 86.8 Å². The molecule has 1 fully saturated rings. The van der Waals surface area contributed by atoms with Crippen molar-refractivity contribution in [2.75, 3.05) is 33.9 Å². The van der Waals surface area contributed by atoms with E-state index in [0.717, 1.165) is 29.3 Å². The summed E-state index contributed by atoms with van der Waals surface area (Å²) in [6, 6.07) is 13.0. The van der Waals surface area contributed by atoms with Crippen LogP contribution >= 0.6 is 0 Å². The summed E-state index contributed by atoms with van der Waals surface area (Å²) >= 11 is 0. The summed E-state index contributed by atoms with van der Waals surface area (Å²) in [7, 11) is 3.34. The van der Waals surface area contributed by atoms with Gasteiger partial charge in [-0.1, -0.05) is 13.0 Å². The molecule has 148 valence electrons. The maximum atomic E-state index is 5.49. The van der Waals surface area contributed by atoms with Gasteiger partial charge >= 0.3 is 0 Å². The Kier molecular flexibility index (Phi) is 5.31. The zero-order valence-electron chi connectivity index (χ0n) is 17.3. The molecule has 1 aromatic heterocycles. The molecule has 28 heavy (non-hydrogen) atoms. The lowest BCUT2D eigenvalue weighted by atomic mass is 9.88. The van der Waals surface area contributed by atoms with Crippen LogP contribution in [0.5, 0.6) is 11.5 Å². The molecule has 0 unspecified atom stereocenters. The first kappa shape index (κ1) is 18.9. The molecule has 0 saturated carbocycles. The average molecular weight is 379 g/mol. The number of hydrogen-bond donors (Lipinski definition) is 1. The molecule has 0 atom stereocenters. The number of aryl methyl sites for hydroxylation is 1. The van der Waals surface area contributed by atoms with Gasteiger partial charge in [0.2, 0.25) is 0 Å². The molecule has 1 aliphatic heterocycles. The molecule has 0 amide bonds. The number of rotatable bonds is 5. The zero-order chi connectivity index (χ0) is 19.7. The molecule has 1 aliphatic rings. The standard InChI is InChI=1S/C24H30N2O2/c1-5-26-12-10-17(11-13-26)18-6-8-21-20(14-18)16(2)24(25-21)19-7-9-22(27-3)23(15-19)28-4/h6-9,14-15,17,25H,5,10-13H2,1-4H3. The second-order valence-corrected chi connectivity index (χ2v) is 7.71. The molecule has 1 N–H and O–H groups in total. The van der Waals surface area contributed by atoms with Gasteiger partial charge in [0.05, 0.1) is 14.2 Å². The van der Waals surface area contributed by atoms with E-state index in [1.165, 1.54) is 48.0 Å². The van der Waals surface area contributed by atoms with Crippen molar-refractivity contribution in [2.45, 2.75) is 32.6 Å². The van der Waals surface area contributed by atoms with E-state index >= 15 is 0 Å². The topological polar surface area (TPSA) is 37.5 Å². The number of piperidine rings is 1. The van der Waals surface area contributed by atoms with Gasteiger partial charge in [-0.2, -0.15) is 0 Å². The van der Waals surface area contributed by atoms with Crippen molar-refractivity contribution >= 4 is 10.9 Å². The molecule has 0 radical (unpaired) electrons. The highest BCUT2D eigenvalue weighted by Crippen LogP contribution is 2.37. The molecule has 1 saturated heterocycles. The van der Waals surface area contributed by atoms with E-state index in [4.69, 9.17) is 9.47 Å². The number of nitrogens with one attached hydrogen (secondary N) is 1. The van der Waals surface area contributed by atoms with Crippen LogP contribution in [0.4, 0.5) is 0 Å². The summed E-state index contributed by atoms with van der Waals surface area (Å²) in [6.07, 6.45) is 2.51. The van der Waals surface area contributed by atoms with Crippen LogP contribution in [0.15, 0.2) is 36.4 Å². The highest BCUT2D eigenvalue weighted by Gasteiger charge is 2.21. The summed E-state index contributed by atoms with van der Waals surface area (Å²) in [5.41, 5.74) is 6.22. The second-order valence-electron chi connectivity index (χ2n) is 7.71. The Hall–Kier alpha value is -2.46. The van der Waals surface area contributed by atoms with Gasteiger partial charge < -0.3 is 19.4 Å². The summed E-state index contributed by atoms with van der Waals surface area (Å²) in [4.78, 5) is 6.16. The van der Waals surface area contributed by atoms with Crippen LogP contribution in [0.2, 0.25) is 0 Å². The number of likely N-dealkylation sites (tertiary alicyclic amines) is 1. The molecule has 2 heterocycles. The van der Waals surface area contributed by atoms with E-state index in [-0.39, 0.29) is 0 Å². The first-order valence-electron chi connectivity index (χ1n) is 10.2. The number of H-pyrrole nitrogens is 1. The van der Waals surface area contributed by atoms with Gasteiger partial charge in [0.25, 0.3) is 0 Å². The average Bonchev–Trinajstić information content (AvgIpc) is 3.09. The predicted molar refractivity (Wildman–Crippen MR) is 116 cm³/mol. The third-order valence-electron chi connectivity index (χ3n) is 6.26. The Balaban J connectivity index is 1.68. The van der Waals surface area contributed by atoms with Crippen LogP contribution in [0.1, 0.15) is 36.8 Å². The van der Waals surface area contributed by atoms with Gasteiger partial charge in [-0.15, -0.1) is 0 Å². The number of nitrogens with zero attached hydrogens (tertiary/aromatic N) is 1. The largest absolute Gasteiger partial charge is 0.493 e. The van der Waals surface area contributed by atoms with Gasteiger partial charge in [0.15, 0.2) is 11.5 Å². The maximum Gasteiger partial charge on any atom is 0.161 e. The Morgan fingerprint density at radius 2 is 1.75 bits per heavy atom. The van der Waals surface area contributed by atoms with Crippen molar-refractivity contribution < 1.29 is 9.47 Å². The molecule has 0 bridgehead atoms. The number of aromatic nitrogens is 1. The van der Waals surface area contributed by atoms with Crippen LogP contribution in [-0.4, -0.2) is 43.7 Å². The van der Waals surface area contributed by atoms with E-state index in [1.807, 2.05) is 12.1 Å². The Morgan fingerprint density at radius 1 is 1.00 bits per heavy atom. The molecule has 4 rings (SSSR count). The third-order valence-corrected chi connectivity index (χ3v) is 6.26. The monoisotopic (exact) mass is 378 g/mol. The number of fused-ring (bicyclic) bond motifs is 1. The van der Waals surface area contributed by atoms with Crippen molar-refractivity contribution in [3.63, 3.8) is 0 Å². The minimum Gasteiger partial charge on any atom is -0.493 e. The summed E-state index contributed by atoms with van der Waals surface area (Å²) in [6.45, 7) is 8.04.